The maximum atomic E-state index is 10.2. The fourth-order valence-corrected chi connectivity index (χ4v) is 2.25. The van der Waals surface area contributed by atoms with Gasteiger partial charge in [0.15, 0.2) is 0 Å². The second kappa shape index (κ2) is 17.7. The molecule has 0 rings (SSSR count). The highest BCUT2D eigenvalue weighted by atomic mass is 17.1. The van der Waals surface area contributed by atoms with Gasteiger partial charge in [0.2, 0.25) is 0 Å². The standard InChI is InChI=1S/C20H32O4/c1-2-3-4-5-7-10-13-16-19(24-23)17-14-11-8-6-9-12-15-18-20(21)22/h6,8-9,11-12,14-15,18-19,23H,2-5,7,10,13,16-17H2,1H3,(H,21,22). The first-order valence-electron chi connectivity index (χ1n) is 8.90. The van der Waals surface area contributed by atoms with Crippen molar-refractivity contribution in [2.24, 2.45) is 0 Å². The van der Waals surface area contributed by atoms with Gasteiger partial charge < -0.3 is 5.11 Å². The number of hydrogen-bond acceptors (Lipinski definition) is 3. The molecule has 0 aromatic carbocycles. The van der Waals surface area contributed by atoms with Crippen molar-refractivity contribution in [1.29, 1.82) is 0 Å². The Morgan fingerprint density at radius 2 is 1.50 bits per heavy atom. The van der Waals surface area contributed by atoms with Gasteiger partial charge in [-0.1, -0.05) is 94.4 Å². The van der Waals surface area contributed by atoms with Crippen LogP contribution in [-0.4, -0.2) is 22.4 Å². The van der Waals surface area contributed by atoms with Crippen LogP contribution in [-0.2, 0) is 9.68 Å². The first kappa shape index (κ1) is 22.4. The number of aliphatic carboxylic acids is 1. The van der Waals surface area contributed by atoms with E-state index in [2.05, 4.69) is 11.8 Å². The van der Waals surface area contributed by atoms with E-state index < -0.39 is 5.97 Å². The Labute approximate surface area is 146 Å². The topological polar surface area (TPSA) is 66.8 Å². The van der Waals surface area contributed by atoms with E-state index >= 15 is 0 Å². The highest BCUT2D eigenvalue weighted by Gasteiger charge is 2.06. The summed E-state index contributed by atoms with van der Waals surface area (Å²) >= 11 is 0. The van der Waals surface area contributed by atoms with E-state index in [0.717, 1.165) is 18.9 Å². The molecule has 0 aromatic rings. The molecule has 4 heteroatoms. The Hall–Kier alpha value is -1.65. The minimum atomic E-state index is -0.959. The van der Waals surface area contributed by atoms with Gasteiger partial charge in [0.1, 0.15) is 0 Å². The number of allylic oxidation sites excluding steroid dienone is 6. The van der Waals surface area contributed by atoms with Gasteiger partial charge in [-0.15, -0.1) is 0 Å². The van der Waals surface area contributed by atoms with Crippen molar-refractivity contribution in [2.75, 3.05) is 0 Å². The zero-order valence-electron chi connectivity index (χ0n) is 14.8. The van der Waals surface area contributed by atoms with Gasteiger partial charge in [-0.3, -0.25) is 5.26 Å². The van der Waals surface area contributed by atoms with E-state index in [4.69, 9.17) is 10.4 Å². The molecule has 0 bridgehead atoms. The van der Waals surface area contributed by atoms with E-state index in [0.29, 0.717) is 6.42 Å². The van der Waals surface area contributed by atoms with E-state index in [-0.39, 0.29) is 6.10 Å². The Balaban J connectivity index is 3.74. The number of hydrogen-bond donors (Lipinski definition) is 2. The van der Waals surface area contributed by atoms with Gasteiger partial charge in [0, 0.05) is 6.08 Å². The summed E-state index contributed by atoms with van der Waals surface area (Å²) in [6.45, 7) is 2.22. The van der Waals surface area contributed by atoms with Gasteiger partial charge in [0.25, 0.3) is 0 Å². The van der Waals surface area contributed by atoms with Crippen LogP contribution in [0.1, 0.15) is 64.7 Å². The molecule has 0 saturated heterocycles. The van der Waals surface area contributed by atoms with Crippen LogP contribution in [0.4, 0.5) is 0 Å². The molecule has 136 valence electrons. The third kappa shape index (κ3) is 16.7. The fraction of sp³-hybridized carbons (Fsp3) is 0.550. The molecule has 0 fully saturated rings. The molecule has 0 aliphatic carbocycles. The Morgan fingerprint density at radius 3 is 2.12 bits per heavy atom. The number of carboxylic acid groups (broad SMARTS) is 1. The Bertz CT molecular complexity index is 408. The predicted octanol–water partition coefficient (Wildman–Crippen LogP) is 5.68. The van der Waals surface area contributed by atoms with Crippen LogP contribution >= 0.6 is 0 Å². The Kier molecular flexibility index (Phi) is 16.5. The third-order valence-electron chi connectivity index (χ3n) is 3.61. The maximum Gasteiger partial charge on any atom is 0.328 e. The van der Waals surface area contributed by atoms with Crippen molar-refractivity contribution in [1.82, 2.24) is 0 Å². The van der Waals surface area contributed by atoms with Crippen LogP contribution in [0, 0.1) is 0 Å². The van der Waals surface area contributed by atoms with E-state index in [1.165, 1.54) is 44.6 Å². The molecule has 4 nitrogen and oxygen atoms in total. The van der Waals surface area contributed by atoms with Crippen molar-refractivity contribution >= 4 is 5.97 Å². The Morgan fingerprint density at radius 1 is 0.917 bits per heavy atom. The molecule has 0 aliphatic heterocycles. The van der Waals surface area contributed by atoms with Crippen LogP contribution in [0.3, 0.4) is 0 Å². The lowest BCUT2D eigenvalue weighted by Crippen LogP contribution is -2.09. The zero-order valence-corrected chi connectivity index (χ0v) is 14.8. The summed E-state index contributed by atoms with van der Waals surface area (Å²) in [5, 5.41) is 17.3. The molecule has 0 radical (unpaired) electrons. The molecule has 0 heterocycles. The minimum Gasteiger partial charge on any atom is -0.478 e. The predicted molar refractivity (Wildman–Crippen MR) is 98.9 cm³/mol. The van der Waals surface area contributed by atoms with E-state index in [1.54, 1.807) is 12.2 Å². The van der Waals surface area contributed by atoms with Crippen molar-refractivity contribution in [3.63, 3.8) is 0 Å². The van der Waals surface area contributed by atoms with Crippen LogP contribution in [0.15, 0.2) is 48.6 Å². The summed E-state index contributed by atoms with van der Waals surface area (Å²) in [4.78, 5) is 14.8. The lowest BCUT2D eigenvalue weighted by Gasteiger charge is -2.10. The molecule has 0 spiro atoms. The second-order valence-electron chi connectivity index (χ2n) is 5.77. The highest BCUT2D eigenvalue weighted by molar-refractivity contribution is 5.80. The minimum absolute atomic E-state index is 0.140. The molecule has 0 amide bonds. The van der Waals surface area contributed by atoms with Crippen molar-refractivity contribution in [3.8, 4) is 0 Å². The molecule has 2 N–H and O–H groups in total. The summed E-state index contributed by atoms with van der Waals surface area (Å²) < 4.78 is 0. The summed E-state index contributed by atoms with van der Waals surface area (Å²) in [6, 6.07) is 0. The number of carboxylic acids is 1. The molecule has 0 aliphatic rings. The van der Waals surface area contributed by atoms with Gasteiger partial charge >= 0.3 is 5.97 Å². The molecular weight excluding hydrogens is 304 g/mol. The third-order valence-corrected chi connectivity index (χ3v) is 3.61. The average molecular weight is 336 g/mol. The van der Waals surface area contributed by atoms with Gasteiger partial charge in [-0.2, -0.15) is 0 Å². The lowest BCUT2D eigenvalue weighted by atomic mass is 10.0. The van der Waals surface area contributed by atoms with Crippen molar-refractivity contribution in [3.05, 3.63) is 48.6 Å². The maximum absolute atomic E-state index is 10.2. The van der Waals surface area contributed by atoms with Crippen LogP contribution in [0.25, 0.3) is 0 Å². The summed E-state index contributed by atoms with van der Waals surface area (Å²) in [7, 11) is 0. The van der Waals surface area contributed by atoms with Gasteiger partial charge in [-0.05, 0) is 12.8 Å². The molecule has 24 heavy (non-hydrogen) atoms. The first-order chi connectivity index (χ1) is 11.7. The molecule has 0 saturated carbocycles. The van der Waals surface area contributed by atoms with Crippen molar-refractivity contribution < 1.29 is 20.0 Å². The molecular formula is C20H32O4. The number of rotatable bonds is 15. The number of unbranched alkanes of at least 4 members (excludes halogenated alkanes) is 6. The molecule has 0 aromatic heterocycles. The second-order valence-corrected chi connectivity index (χ2v) is 5.77. The average Bonchev–Trinajstić information content (AvgIpc) is 2.57. The van der Waals surface area contributed by atoms with Crippen LogP contribution in [0.2, 0.25) is 0 Å². The number of carbonyl (C=O) groups is 1. The zero-order chi connectivity index (χ0) is 17.9. The largest absolute Gasteiger partial charge is 0.478 e. The molecule has 1 unspecified atom stereocenters. The van der Waals surface area contributed by atoms with Gasteiger partial charge in [-0.25, -0.2) is 9.68 Å². The SMILES string of the molecule is CCCCCCCCCC(CC=CC=CC=CC=CC(=O)O)OO. The summed E-state index contributed by atoms with van der Waals surface area (Å²) in [5.74, 6) is -0.959. The van der Waals surface area contributed by atoms with Crippen LogP contribution in [0.5, 0.6) is 0 Å². The first-order valence-corrected chi connectivity index (χ1v) is 8.90. The van der Waals surface area contributed by atoms with Crippen LogP contribution < -0.4 is 0 Å². The van der Waals surface area contributed by atoms with E-state index in [1.807, 2.05) is 24.3 Å². The van der Waals surface area contributed by atoms with Gasteiger partial charge in [0.05, 0.1) is 6.10 Å². The van der Waals surface area contributed by atoms with Crippen molar-refractivity contribution in [2.45, 2.75) is 70.8 Å². The lowest BCUT2D eigenvalue weighted by molar-refractivity contribution is -0.279. The monoisotopic (exact) mass is 336 g/mol. The summed E-state index contributed by atoms with van der Waals surface area (Å²) in [5.41, 5.74) is 0. The molecule has 1 atom stereocenters. The quantitative estimate of drug-likeness (QED) is 0.133. The highest BCUT2D eigenvalue weighted by Crippen LogP contribution is 2.13. The smallest absolute Gasteiger partial charge is 0.328 e. The normalized spacial score (nSPS) is 13.8. The fourth-order valence-electron chi connectivity index (χ4n) is 2.25. The van der Waals surface area contributed by atoms with E-state index in [9.17, 15) is 4.79 Å². The summed E-state index contributed by atoms with van der Waals surface area (Å²) in [6.07, 6.45) is 23.6.